The number of para-hydroxylation sites is 1. The molecule has 0 radical (unpaired) electrons. The summed E-state index contributed by atoms with van der Waals surface area (Å²) in [5.74, 6) is -0.0924. The lowest BCUT2D eigenvalue weighted by molar-refractivity contribution is -0.136. The Kier molecular flexibility index (Phi) is 6.96. The van der Waals surface area contributed by atoms with Crippen LogP contribution in [0.5, 0.6) is 5.75 Å². The molecule has 0 bridgehead atoms. The third-order valence-electron chi connectivity index (χ3n) is 4.48. The first-order chi connectivity index (χ1) is 12.6. The van der Waals surface area contributed by atoms with Gasteiger partial charge >= 0.3 is 5.97 Å². The van der Waals surface area contributed by atoms with E-state index in [0.717, 1.165) is 11.1 Å². The normalized spacial score (nSPS) is 20.4. The molecule has 1 aliphatic heterocycles. The summed E-state index contributed by atoms with van der Waals surface area (Å²) in [5.41, 5.74) is 3.16. The third kappa shape index (κ3) is 4.13. The lowest BCUT2D eigenvalue weighted by atomic mass is 9.82. The van der Waals surface area contributed by atoms with Gasteiger partial charge in [0.15, 0.2) is 5.78 Å². The molecule has 4 heteroatoms. The van der Waals surface area contributed by atoms with Gasteiger partial charge in [0.05, 0.1) is 12.7 Å². The fourth-order valence-electron chi connectivity index (χ4n) is 3.14. The van der Waals surface area contributed by atoms with E-state index < -0.39 is 0 Å². The molecule has 1 aromatic rings. The zero-order chi connectivity index (χ0) is 19.1. The molecule has 1 heterocycles. The third-order valence-corrected chi connectivity index (χ3v) is 4.48. The van der Waals surface area contributed by atoms with Crippen LogP contribution >= 0.6 is 0 Å². The van der Waals surface area contributed by atoms with Gasteiger partial charge in [-0.25, -0.2) is 4.79 Å². The number of carbonyl (C=O) groups excluding carboxylic acids is 2. The lowest BCUT2D eigenvalue weighted by Crippen LogP contribution is -2.19. The quantitative estimate of drug-likeness (QED) is 0.688. The maximum Gasteiger partial charge on any atom is 0.333 e. The van der Waals surface area contributed by atoms with Crippen LogP contribution in [-0.2, 0) is 9.53 Å². The SMILES string of the molecule is CC.COC(=O)C1=CC2=C(/C=C\COc3ccccc3C(=O)C2C)CC1. The second-order valence-electron chi connectivity index (χ2n) is 5.94. The number of Topliss-reactive ketones (excluding diaryl/α,β-unsaturated/α-hetero) is 1. The van der Waals surface area contributed by atoms with Gasteiger partial charge in [0.2, 0.25) is 0 Å². The molecule has 0 saturated heterocycles. The molecule has 26 heavy (non-hydrogen) atoms. The molecule has 1 aromatic carbocycles. The van der Waals surface area contributed by atoms with Gasteiger partial charge in [-0.15, -0.1) is 0 Å². The average Bonchev–Trinajstić information content (AvgIpc) is 2.71. The Bertz CT molecular complexity index is 768. The monoisotopic (exact) mass is 354 g/mol. The first-order valence-electron chi connectivity index (χ1n) is 9.06. The molecule has 1 aliphatic carbocycles. The van der Waals surface area contributed by atoms with Crippen LogP contribution in [0.3, 0.4) is 0 Å². The summed E-state index contributed by atoms with van der Waals surface area (Å²) in [4.78, 5) is 24.8. The number of benzene rings is 1. The highest BCUT2D eigenvalue weighted by Gasteiger charge is 2.27. The van der Waals surface area contributed by atoms with Crippen LogP contribution in [-0.4, -0.2) is 25.5 Å². The van der Waals surface area contributed by atoms with Gasteiger partial charge in [0.25, 0.3) is 0 Å². The van der Waals surface area contributed by atoms with Crippen LogP contribution in [0.1, 0.15) is 44.0 Å². The van der Waals surface area contributed by atoms with E-state index in [1.165, 1.54) is 7.11 Å². The standard InChI is InChI=1S/C20H20O4.C2H6/c1-13-17-12-15(20(22)23-2)10-9-14(17)6-5-11-24-18-8-4-3-7-16(18)19(13)21;1-2/h3-8,12-13H,9-11H2,1-2H3;1-2H3/b6-5-;. The van der Waals surface area contributed by atoms with Gasteiger partial charge in [-0.2, -0.15) is 0 Å². The number of esters is 1. The van der Waals surface area contributed by atoms with Gasteiger partial charge in [-0.05, 0) is 48.3 Å². The van der Waals surface area contributed by atoms with Gasteiger partial charge < -0.3 is 9.47 Å². The van der Waals surface area contributed by atoms with Crippen LogP contribution in [0.4, 0.5) is 0 Å². The molecule has 0 amide bonds. The van der Waals surface area contributed by atoms with Crippen LogP contribution in [0.15, 0.2) is 59.2 Å². The Balaban J connectivity index is 0.00000117. The summed E-state index contributed by atoms with van der Waals surface area (Å²) in [6, 6.07) is 7.28. The van der Waals surface area contributed by atoms with Crippen LogP contribution in [0, 0.1) is 5.92 Å². The van der Waals surface area contributed by atoms with Crippen molar-refractivity contribution in [2.45, 2.75) is 33.6 Å². The number of hydrogen-bond donors (Lipinski definition) is 0. The summed E-state index contributed by atoms with van der Waals surface area (Å²) in [7, 11) is 1.38. The van der Waals surface area contributed by atoms with Crippen LogP contribution < -0.4 is 4.74 Å². The minimum Gasteiger partial charge on any atom is -0.489 e. The van der Waals surface area contributed by atoms with Gasteiger partial charge in [-0.1, -0.05) is 39.0 Å². The molecule has 0 N–H and O–H groups in total. The van der Waals surface area contributed by atoms with Gasteiger partial charge in [-0.3, -0.25) is 4.79 Å². The van der Waals surface area contributed by atoms with Crippen molar-refractivity contribution >= 4 is 11.8 Å². The Labute approximate surface area is 155 Å². The van der Waals surface area contributed by atoms with E-state index in [1.807, 2.05) is 51.1 Å². The zero-order valence-electron chi connectivity index (χ0n) is 15.9. The van der Waals surface area contributed by atoms with E-state index in [2.05, 4.69) is 0 Å². The fourth-order valence-corrected chi connectivity index (χ4v) is 3.14. The van der Waals surface area contributed by atoms with Crippen molar-refractivity contribution in [3.63, 3.8) is 0 Å². The molecule has 0 spiro atoms. The number of carbonyl (C=O) groups is 2. The number of ether oxygens (including phenoxy) is 2. The Morgan fingerprint density at radius 3 is 2.65 bits per heavy atom. The van der Waals surface area contributed by atoms with Crippen molar-refractivity contribution in [2.75, 3.05) is 13.7 Å². The number of fused-ring (bicyclic) bond motifs is 1. The van der Waals surface area contributed by atoms with Crippen molar-refractivity contribution in [1.82, 2.24) is 0 Å². The van der Waals surface area contributed by atoms with E-state index >= 15 is 0 Å². The highest BCUT2D eigenvalue weighted by molar-refractivity contribution is 6.02. The lowest BCUT2D eigenvalue weighted by Gasteiger charge is -2.23. The van der Waals surface area contributed by atoms with Crippen molar-refractivity contribution < 1.29 is 19.1 Å². The predicted molar refractivity (Wildman–Crippen MR) is 102 cm³/mol. The molecular weight excluding hydrogens is 328 g/mol. The second-order valence-corrected chi connectivity index (χ2v) is 5.94. The summed E-state index contributed by atoms with van der Waals surface area (Å²) >= 11 is 0. The number of rotatable bonds is 1. The number of ketones is 1. The molecule has 0 saturated carbocycles. The molecule has 4 nitrogen and oxygen atoms in total. The van der Waals surface area contributed by atoms with E-state index in [9.17, 15) is 9.59 Å². The Morgan fingerprint density at radius 1 is 1.19 bits per heavy atom. The topological polar surface area (TPSA) is 52.6 Å². The molecule has 2 aliphatic rings. The van der Waals surface area contributed by atoms with E-state index in [4.69, 9.17) is 9.47 Å². The molecule has 1 atom stereocenters. The maximum absolute atomic E-state index is 13.0. The Hall–Kier alpha value is -2.62. The summed E-state index contributed by atoms with van der Waals surface area (Å²) < 4.78 is 10.6. The largest absolute Gasteiger partial charge is 0.489 e. The number of methoxy groups -OCH3 is 1. The average molecular weight is 354 g/mol. The number of allylic oxidation sites excluding steroid dienone is 4. The van der Waals surface area contributed by atoms with Crippen molar-refractivity contribution in [3.8, 4) is 5.75 Å². The minimum absolute atomic E-state index is 0.00392. The molecule has 0 aromatic heterocycles. The number of hydrogen-bond acceptors (Lipinski definition) is 4. The van der Waals surface area contributed by atoms with Gasteiger partial charge in [0, 0.05) is 11.5 Å². The molecule has 138 valence electrons. The Morgan fingerprint density at radius 2 is 1.92 bits per heavy atom. The predicted octanol–water partition coefficient (Wildman–Crippen LogP) is 4.67. The maximum atomic E-state index is 13.0. The van der Waals surface area contributed by atoms with Crippen LogP contribution in [0.2, 0.25) is 0 Å². The summed E-state index contributed by atoms with van der Waals surface area (Å²) in [6.45, 7) is 6.28. The van der Waals surface area contributed by atoms with Gasteiger partial charge in [0.1, 0.15) is 12.4 Å². The molecular formula is C22H26O4. The van der Waals surface area contributed by atoms with Crippen molar-refractivity contribution in [2.24, 2.45) is 5.92 Å². The highest BCUT2D eigenvalue weighted by atomic mass is 16.5. The first-order valence-corrected chi connectivity index (χ1v) is 9.06. The summed E-state index contributed by atoms with van der Waals surface area (Å²) in [6.07, 6.45) is 7.10. The van der Waals surface area contributed by atoms with E-state index in [-0.39, 0.29) is 17.7 Å². The highest BCUT2D eigenvalue weighted by Crippen LogP contribution is 2.34. The first kappa shape index (κ1) is 19.7. The van der Waals surface area contributed by atoms with E-state index in [0.29, 0.717) is 36.3 Å². The fraction of sp³-hybridized carbons (Fsp3) is 0.364. The smallest absolute Gasteiger partial charge is 0.333 e. The van der Waals surface area contributed by atoms with Crippen LogP contribution in [0.25, 0.3) is 0 Å². The minimum atomic E-state index is -0.354. The van der Waals surface area contributed by atoms with Crippen molar-refractivity contribution in [1.29, 1.82) is 0 Å². The molecule has 3 rings (SSSR count). The molecule has 1 unspecified atom stereocenters. The van der Waals surface area contributed by atoms with Crippen molar-refractivity contribution in [3.05, 3.63) is 64.8 Å². The second kappa shape index (κ2) is 9.18. The molecule has 0 fully saturated rings. The summed E-state index contributed by atoms with van der Waals surface area (Å²) in [5, 5.41) is 0. The zero-order valence-corrected chi connectivity index (χ0v) is 15.9. The van der Waals surface area contributed by atoms with E-state index in [1.54, 1.807) is 12.1 Å².